The van der Waals surface area contributed by atoms with E-state index in [0.717, 1.165) is 65.7 Å². The molecule has 6 rings (SSSR count). The number of aromatic amines is 1. The number of nitrogens with one attached hydrogen (secondary N) is 2. The van der Waals surface area contributed by atoms with Gasteiger partial charge in [0.05, 0.1) is 29.8 Å². The average molecular weight is 707 g/mol. The van der Waals surface area contributed by atoms with Crippen molar-refractivity contribution >= 4 is 40.8 Å². The summed E-state index contributed by atoms with van der Waals surface area (Å²) in [7, 11) is 0. The number of halogens is 7. The summed E-state index contributed by atoms with van der Waals surface area (Å²) in [6.45, 7) is 0.0146. The molecule has 3 heterocycles. The van der Waals surface area contributed by atoms with Crippen LogP contribution in [0.4, 0.5) is 26.3 Å². The molecule has 2 saturated heterocycles. The molecule has 1 aromatic heterocycles. The van der Waals surface area contributed by atoms with Crippen molar-refractivity contribution in [1.82, 2.24) is 20.1 Å². The third kappa shape index (κ3) is 7.38. The molecule has 4 aromatic rings. The van der Waals surface area contributed by atoms with E-state index in [9.17, 15) is 40.7 Å². The SMILES string of the molecule is Cl.O=C(c1ccccc1C(F)(F)F)C1CNC(Cc2c[nH]c3ccccc23)C(C(=O)c2ccccc2C(F)(F)F)N1CC(=O)N1CCCC1. The smallest absolute Gasteiger partial charge is 0.361 e. The number of carbonyl (C=O) groups is 3. The number of ketones is 2. The second-order valence-electron chi connectivity index (χ2n) is 12.1. The minimum Gasteiger partial charge on any atom is -0.361 e. The molecule has 0 aliphatic carbocycles. The van der Waals surface area contributed by atoms with E-state index < -0.39 is 76.8 Å². The number of piperazine rings is 1. The first kappa shape index (κ1) is 36.1. The molecule has 2 fully saturated rings. The third-order valence-electron chi connectivity index (χ3n) is 9.17. The van der Waals surface area contributed by atoms with Gasteiger partial charge in [0.15, 0.2) is 11.6 Å². The Hall–Kier alpha value is -4.20. The summed E-state index contributed by atoms with van der Waals surface area (Å²) in [5, 5.41) is 3.93. The Labute approximate surface area is 284 Å². The van der Waals surface area contributed by atoms with E-state index in [4.69, 9.17) is 0 Å². The molecule has 0 radical (unpaired) electrons. The summed E-state index contributed by atoms with van der Waals surface area (Å²) in [4.78, 5) is 48.2. The number of H-pyrrole nitrogens is 1. The summed E-state index contributed by atoms with van der Waals surface area (Å²) >= 11 is 0. The fraction of sp³-hybridized carbons (Fsp3) is 0.343. The van der Waals surface area contributed by atoms with Gasteiger partial charge in [-0.1, -0.05) is 54.6 Å². The van der Waals surface area contributed by atoms with Crippen molar-refractivity contribution in [3.8, 4) is 0 Å². The van der Waals surface area contributed by atoms with Gasteiger partial charge in [-0.15, -0.1) is 12.4 Å². The van der Waals surface area contributed by atoms with Gasteiger partial charge in [0.2, 0.25) is 5.91 Å². The van der Waals surface area contributed by atoms with Crippen molar-refractivity contribution < 1.29 is 40.7 Å². The minimum absolute atomic E-state index is 0. The monoisotopic (exact) mass is 706 g/mol. The van der Waals surface area contributed by atoms with E-state index >= 15 is 0 Å². The van der Waals surface area contributed by atoms with Crippen molar-refractivity contribution in [2.45, 2.75) is 49.7 Å². The Kier molecular flexibility index (Phi) is 10.6. The maximum atomic E-state index is 14.5. The molecule has 7 nitrogen and oxygen atoms in total. The van der Waals surface area contributed by atoms with Gasteiger partial charge in [0, 0.05) is 53.9 Å². The lowest BCUT2D eigenvalue weighted by Gasteiger charge is -2.46. The number of likely N-dealkylation sites (tertiary alicyclic amines) is 1. The molecular weight excluding hydrogens is 674 g/mol. The number of fused-ring (bicyclic) bond motifs is 1. The molecule has 14 heteroatoms. The molecule has 49 heavy (non-hydrogen) atoms. The molecule has 2 N–H and O–H groups in total. The molecule has 2 aliphatic heterocycles. The zero-order chi connectivity index (χ0) is 34.2. The highest BCUT2D eigenvalue weighted by molar-refractivity contribution is 6.05. The van der Waals surface area contributed by atoms with Crippen LogP contribution in [-0.4, -0.2) is 76.6 Å². The fourth-order valence-corrected chi connectivity index (χ4v) is 6.88. The van der Waals surface area contributed by atoms with E-state index in [2.05, 4.69) is 10.3 Å². The fourth-order valence-electron chi connectivity index (χ4n) is 6.88. The molecule has 3 atom stereocenters. The largest absolute Gasteiger partial charge is 0.417 e. The first-order valence-corrected chi connectivity index (χ1v) is 15.6. The van der Waals surface area contributed by atoms with E-state index in [1.165, 1.54) is 21.9 Å². The van der Waals surface area contributed by atoms with Crippen molar-refractivity contribution in [3.05, 3.63) is 107 Å². The van der Waals surface area contributed by atoms with Crippen molar-refractivity contribution in [1.29, 1.82) is 0 Å². The number of para-hydroxylation sites is 1. The van der Waals surface area contributed by atoms with E-state index in [1.54, 1.807) is 6.20 Å². The van der Waals surface area contributed by atoms with E-state index in [0.29, 0.717) is 13.1 Å². The number of carbonyl (C=O) groups excluding carboxylic acids is 3. The summed E-state index contributed by atoms with van der Waals surface area (Å²) < 4.78 is 84.9. The lowest BCUT2D eigenvalue weighted by molar-refractivity contribution is -0.138. The highest BCUT2D eigenvalue weighted by atomic mass is 35.5. The lowest BCUT2D eigenvalue weighted by atomic mass is 9.85. The van der Waals surface area contributed by atoms with Gasteiger partial charge >= 0.3 is 12.4 Å². The van der Waals surface area contributed by atoms with Gasteiger partial charge in [0.1, 0.15) is 0 Å². The minimum atomic E-state index is -4.91. The van der Waals surface area contributed by atoms with Crippen LogP contribution < -0.4 is 5.32 Å². The molecule has 0 bridgehead atoms. The van der Waals surface area contributed by atoms with Gasteiger partial charge in [-0.2, -0.15) is 26.3 Å². The van der Waals surface area contributed by atoms with Crippen LogP contribution in [0, 0.1) is 0 Å². The number of rotatable bonds is 8. The van der Waals surface area contributed by atoms with Gasteiger partial charge in [-0.25, -0.2) is 0 Å². The molecule has 3 unspecified atom stereocenters. The Balaban J connectivity index is 0.00000468. The number of benzene rings is 3. The zero-order valence-electron chi connectivity index (χ0n) is 26.0. The Morgan fingerprint density at radius 3 is 1.92 bits per heavy atom. The number of amides is 1. The van der Waals surface area contributed by atoms with Crippen LogP contribution in [0.3, 0.4) is 0 Å². The predicted molar refractivity (Wildman–Crippen MR) is 173 cm³/mol. The van der Waals surface area contributed by atoms with E-state index in [1.807, 2.05) is 24.3 Å². The maximum Gasteiger partial charge on any atom is 0.417 e. The number of aromatic nitrogens is 1. The quantitative estimate of drug-likeness (QED) is 0.160. The number of nitrogens with zero attached hydrogens (tertiary/aromatic N) is 2. The molecule has 0 saturated carbocycles. The summed E-state index contributed by atoms with van der Waals surface area (Å²) in [6, 6.07) is 11.8. The van der Waals surface area contributed by atoms with Crippen LogP contribution in [-0.2, 0) is 23.6 Å². The van der Waals surface area contributed by atoms with Gasteiger partial charge < -0.3 is 15.2 Å². The van der Waals surface area contributed by atoms with Crippen molar-refractivity contribution in [3.63, 3.8) is 0 Å². The Bertz CT molecular complexity index is 1840. The number of hydrogen-bond acceptors (Lipinski definition) is 5. The highest BCUT2D eigenvalue weighted by Crippen LogP contribution is 2.36. The van der Waals surface area contributed by atoms with Crippen LogP contribution in [0.1, 0.15) is 50.2 Å². The maximum absolute atomic E-state index is 14.5. The van der Waals surface area contributed by atoms with Crippen LogP contribution in [0.5, 0.6) is 0 Å². The molecule has 0 spiro atoms. The molecule has 2 aliphatic rings. The Morgan fingerprint density at radius 2 is 1.31 bits per heavy atom. The van der Waals surface area contributed by atoms with Gasteiger partial charge in [0.25, 0.3) is 0 Å². The Morgan fingerprint density at radius 1 is 0.755 bits per heavy atom. The first-order valence-electron chi connectivity index (χ1n) is 15.6. The van der Waals surface area contributed by atoms with Crippen molar-refractivity contribution in [2.24, 2.45) is 0 Å². The predicted octanol–water partition coefficient (Wildman–Crippen LogP) is 6.57. The summed E-state index contributed by atoms with van der Waals surface area (Å²) in [5.74, 6) is -2.47. The van der Waals surface area contributed by atoms with Crippen LogP contribution in [0.15, 0.2) is 79.0 Å². The van der Waals surface area contributed by atoms with Crippen LogP contribution in [0.25, 0.3) is 10.9 Å². The summed E-state index contributed by atoms with van der Waals surface area (Å²) in [5.41, 5.74) is -2.19. The van der Waals surface area contributed by atoms with E-state index in [-0.39, 0.29) is 25.4 Å². The first-order chi connectivity index (χ1) is 22.8. The third-order valence-corrected chi connectivity index (χ3v) is 9.17. The van der Waals surface area contributed by atoms with Crippen molar-refractivity contribution in [2.75, 3.05) is 26.2 Å². The zero-order valence-corrected chi connectivity index (χ0v) is 26.8. The number of alkyl halides is 6. The second-order valence-corrected chi connectivity index (χ2v) is 12.1. The van der Waals surface area contributed by atoms with Gasteiger partial charge in [-0.3, -0.25) is 19.3 Å². The molecule has 1 amide bonds. The summed E-state index contributed by atoms with van der Waals surface area (Å²) in [6.07, 6.45) is -6.53. The topological polar surface area (TPSA) is 85.5 Å². The average Bonchev–Trinajstić information content (AvgIpc) is 3.75. The molecule has 260 valence electrons. The van der Waals surface area contributed by atoms with Crippen LogP contribution >= 0.6 is 12.4 Å². The van der Waals surface area contributed by atoms with Crippen LogP contribution in [0.2, 0.25) is 0 Å². The molecular formula is C35H33ClF6N4O3. The lowest BCUT2D eigenvalue weighted by Crippen LogP contribution is -2.69. The highest BCUT2D eigenvalue weighted by Gasteiger charge is 2.48. The number of hydrogen-bond donors (Lipinski definition) is 2. The second kappa shape index (κ2) is 14.3. The normalized spacial score (nSPS) is 20.3. The molecule has 3 aromatic carbocycles. The van der Waals surface area contributed by atoms with Gasteiger partial charge in [-0.05, 0) is 43.0 Å². The standard InChI is InChI=1S/C35H32F6N4O3.ClH/c36-34(37,38)25-12-4-1-10-23(25)32(47)29-19-43-28(17-21-18-42-27-14-6-3-9-22(21)27)31(45(29)20-30(46)44-15-7-8-16-44)33(48)24-11-2-5-13-26(24)35(39,40)41;/h1-6,9-14,18,28-29,31,42-43H,7-8,15-17,19-20H2;1H. The number of Topliss-reactive ketones (excluding diaryl/α,β-unsaturated/α-hetero) is 2.